The predicted molar refractivity (Wildman–Crippen MR) is 39.7 cm³/mol. The summed E-state index contributed by atoms with van der Waals surface area (Å²) in [5, 5.41) is 0. The van der Waals surface area contributed by atoms with E-state index in [-0.39, 0.29) is 0 Å². The van der Waals surface area contributed by atoms with Crippen LogP contribution in [-0.4, -0.2) is 14.2 Å². The summed E-state index contributed by atoms with van der Waals surface area (Å²) < 4.78 is 0.783. The molecule has 0 aromatic rings. The topological polar surface area (TPSA) is 0 Å². The van der Waals surface area contributed by atoms with Gasteiger partial charge in [0, 0.05) is 0 Å². The molecule has 1 rings (SSSR count). The Kier molecular flexibility index (Phi) is 3.11. The molecule has 3 heteroatoms. The molecule has 0 aromatic heterocycles. The van der Waals surface area contributed by atoms with E-state index >= 15 is 0 Å². The average Bonchev–Trinajstić information content (AvgIpc) is 2.12. The van der Waals surface area contributed by atoms with Crippen molar-refractivity contribution in [3.63, 3.8) is 0 Å². The van der Waals surface area contributed by atoms with Crippen molar-refractivity contribution in [3.05, 3.63) is 0 Å². The SMILES string of the molecule is [Cl][Ga]([Cl])[CH]1CCCC1. The molecule has 0 heterocycles. The Morgan fingerprint density at radius 2 is 1.62 bits per heavy atom. The van der Waals surface area contributed by atoms with Gasteiger partial charge in [0.15, 0.2) is 0 Å². The average molecular weight is 210 g/mol. The Morgan fingerprint density at radius 1 is 1.12 bits per heavy atom. The van der Waals surface area contributed by atoms with Gasteiger partial charge in [-0.05, 0) is 0 Å². The van der Waals surface area contributed by atoms with Crippen LogP contribution in [0.3, 0.4) is 0 Å². The number of hydrogen-bond acceptors (Lipinski definition) is 0. The van der Waals surface area contributed by atoms with Crippen LogP contribution in [0.4, 0.5) is 0 Å². The van der Waals surface area contributed by atoms with Crippen LogP contribution in [0.1, 0.15) is 25.7 Å². The molecule has 0 N–H and O–H groups in total. The van der Waals surface area contributed by atoms with Gasteiger partial charge in [-0.25, -0.2) is 0 Å². The summed E-state index contributed by atoms with van der Waals surface area (Å²) in [7, 11) is 11.7. The zero-order valence-corrected chi connectivity index (χ0v) is 8.67. The van der Waals surface area contributed by atoms with Crippen LogP contribution in [0.5, 0.6) is 0 Å². The van der Waals surface area contributed by atoms with Crippen LogP contribution in [0.15, 0.2) is 0 Å². The Labute approximate surface area is 63.6 Å². The maximum atomic E-state index is 5.84. The van der Waals surface area contributed by atoms with Crippen molar-refractivity contribution in [3.8, 4) is 0 Å². The molecule has 0 saturated heterocycles. The molecule has 1 aliphatic carbocycles. The zero-order chi connectivity index (χ0) is 5.98. The first-order chi connectivity index (χ1) is 3.80. The number of rotatable bonds is 1. The van der Waals surface area contributed by atoms with E-state index in [0.29, 0.717) is 0 Å². The normalized spacial score (nSPS) is 21.8. The summed E-state index contributed by atoms with van der Waals surface area (Å²) in [6.45, 7) is 0. The molecule has 0 unspecified atom stereocenters. The first-order valence-electron chi connectivity index (χ1n) is 3.09. The molecule has 0 amide bonds. The molecule has 46 valence electrons. The zero-order valence-electron chi connectivity index (χ0n) is 4.74. The third kappa shape index (κ3) is 1.87. The summed E-state index contributed by atoms with van der Waals surface area (Å²) in [4.78, 5) is 0. The van der Waals surface area contributed by atoms with E-state index < -0.39 is 14.2 Å². The molecule has 1 saturated carbocycles. The van der Waals surface area contributed by atoms with Crippen molar-refractivity contribution in [1.82, 2.24) is 0 Å². The molecule has 0 bridgehead atoms. The predicted octanol–water partition coefficient (Wildman–Crippen LogP) is 2.90. The van der Waals surface area contributed by atoms with Crippen LogP contribution in [0.25, 0.3) is 0 Å². The van der Waals surface area contributed by atoms with Crippen molar-refractivity contribution in [2.24, 2.45) is 0 Å². The monoisotopic (exact) mass is 208 g/mol. The van der Waals surface area contributed by atoms with Gasteiger partial charge in [-0.2, -0.15) is 0 Å². The van der Waals surface area contributed by atoms with Crippen molar-refractivity contribution >= 4 is 33.5 Å². The van der Waals surface area contributed by atoms with Crippen LogP contribution >= 0.6 is 19.3 Å². The fraction of sp³-hybridized carbons (Fsp3) is 1.00. The van der Waals surface area contributed by atoms with Crippen molar-refractivity contribution < 1.29 is 0 Å². The molecule has 0 nitrogen and oxygen atoms in total. The van der Waals surface area contributed by atoms with Crippen LogP contribution in [0, 0.1) is 0 Å². The fourth-order valence-electron chi connectivity index (χ4n) is 1.21. The molecular formula is C5H9Cl2Ga. The summed E-state index contributed by atoms with van der Waals surface area (Å²) in [5.41, 5.74) is 0. The molecule has 0 aromatic carbocycles. The van der Waals surface area contributed by atoms with E-state index in [1.165, 1.54) is 25.7 Å². The third-order valence-corrected chi connectivity index (χ3v) is 8.35. The quantitative estimate of drug-likeness (QED) is 0.583. The third-order valence-electron chi connectivity index (χ3n) is 1.76. The van der Waals surface area contributed by atoms with E-state index in [0.717, 1.165) is 4.47 Å². The van der Waals surface area contributed by atoms with E-state index in [9.17, 15) is 0 Å². The second-order valence-electron chi connectivity index (χ2n) is 2.38. The molecule has 1 fully saturated rings. The molecule has 0 radical (unpaired) electrons. The second-order valence-corrected chi connectivity index (χ2v) is 11.8. The van der Waals surface area contributed by atoms with E-state index in [1.807, 2.05) is 0 Å². The Hall–Kier alpha value is 1.22. The van der Waals surface area contributed by atoms with Gasteiger partial charge in [-0.15, -0.1) is 0 Å². The maximum absolute atomic E-state index is 5.84. The van der Waals surface area contributed by atoms with Gasteiger partial charge in [0.2, 0.25) is 0 Å². The molecule has 0 aliphatic heterocycles. The minimum atomic E-state index is -1.69. The first-order valence-corrected chi connectivity index (χ1v) is 10.9. The number of halogens is 2. The minimum absolute atomic E-state index is 0.783. The molecule has 1 aliphatic rings. The van der Waals surface area contributed by atoms with E-state index in [4.69, 9.17) is 19.3 Å². The summed E-state index contributed by atoms with van der Waals surface area (Å²) in [5.74, 6) is 0. The molecular weight excluding hydrogens is 201 g/mol. The van der Waals surface area contributed by atoms with Crippen LogP contribution in [-0.2, 0) is 0 Å². The van der Waals surface area contributed by atoms with Crippen LogP contribution < -0.4 is 0 Å². The van der Waals surface area contributed by atoms with Crippen LogP contribution in [0.2, 0.25) is 4.47 Å². The molecule has 0 atom stereocenters. The van der Waals surface area contributed by atoms with Gasteiger partial charge in [-0.3, -0.25) is 0 Å². The summed E-state index contributed by atoms with van der Waals surface area (Å²) in [6.07, 6.45) is 5.37. The van der Waals surface area contributed by atoms with Crippen molar-refractivity contribution in [2.75, 3.05) is 0 Å². The molecule has 0 spiro atoms. The van der Waals surface area contributed by atoms with E-state index in [2.05, 4.69) is 0 Å². The molecule has 8 heavy (non-hydrogen) atoms. The van der Waals surface area contributed by atoms with Crippen molar-refractivity contribution in [1.29, 1.82) is 0 Å². The van der Waals surface area contributed by atoms with Gasteiger partial charge < -0.3 is 0 Å². The van der Waals surface area contributed by atoms with Gasteiger partial charge >= 0.3 is 63.6 Å². The summed E-state index contributed by atoms with van der Waals surface area (Å²) in [6, 6.07) is 0. The fourth-order valence-corrected chi connectivity index (χ4v) is 5.87. The van der Waals surface area contributed by atoms with E-state index in [1.54, 1.807) is 0 Å². The standard InChI is InChI=1S/C5H9.2ClH.Ga/c1-2-4-5-3-1;;;/h1H,2-5H2;2*1H;/q;;;+2/p-2. The van der Waals surface area contributed by atoms with Crippen molar-refractivity contribution in [2.45, 2.75) is 30.2 Å². The van der Waals surface area contributed by atoms with Gasteiger partial charge in [0.1, 0.15) is 0 Å². The van der Waals surface area contributed by atoms with Gasteiger partial charge in [0.25, 0.3) is 0 Å². The summed E-state index contributed by atoms with van der Waals surface area (Å²) >= 11 is -1.69. The first kappa shape index (κ1) is 7.32. The second kappa shape index (κ2) is 3.40. The van der Waals surface area contributed by atoms with Gasteiger partial charge in [0.05, 0.1) is 0 Å². The Balaban J connectivity index is 2.24. The Morgan fingerprint density at radius 3 is 1.88 bits per heavy atom. The number of hydrogen-bond donors (Lipinski definition) is 0. The van der Waals surface area contributed by atoms with Gasteiger partial charge in [-0.1, -0.05) is 0 Å². The Bertz CT molecular complexity index is 68.8.